The van der Waals surface area contributed by atoms with Gasteiger partial charge < -0.3 is 61.6 Å². The normalized spacial score (nSPS) is 17.0. The Labute approximate surface area is 125 Å². The zero-order chi connectivity index (χ0) is 19.5. The minimum atomic E-state index is -6.00. The first-order valence-electron chi connectivity index (χ1n) is 5.78. The van der Waals surface area contributed by atoms with E-state index in [0.29, 0.717) is 0 Å². The monoisotopic (exact) mass is 375 g/mol. The van der Waals surface area contributed by atoms with Crippen molar-refractivity contribution >= 4 is 21.8 Å². The molecule has 1 fully saturated rings. The highest BCUT2D eigenvalue weighted by Gasteiger charge is 2.21. The maximum Gasteiger partial charge on any atom is 0.673 e. The SMILES string of the molecule is CN1CCN(C)CC1.F[B-](F)(F)F.F[B-](F)(F)F.F[B-](F)(F)F. The summed E-state index contributed by atoms with van der Waals surface area (Å²) >= 11 is 0. The molecule has 0 aromatic rings. The third kappa shape index (κ3) is 91.9. The molecule has 0 radical (unpaired) electrons. The van der Waals surface area contributed by atoms with Gasteiger partial charge in [0.05, 0.1) is 0 Å². The molecule has 144 valence electrons. The Morgan fingerprint density at radius 3 is 0.609 bits per heavy atom. The van der Waals surface area contributed by atoms with Gasteiger partial charge in [-0.15, -0.1) is 0 Å². The lowest BCUT2D eigenvalue weighted by atomic mass is 10.3. The van der Waals surface area contributed by atoms with E-state index in [0.717, 1.165) is 0 Å². The van der Waals surface area contributed by atoms with Crippen molar-refractivity contribution in [3.8, 4) is 0 Å². The van der Waals surface area contributed by atoms with Crippen LogP contribution >= 0.6 is 0 Å². The first kappa shape index (κ1) is 27.1. The Bertz CT molecular complexity index is 215. The van der Waals surface area contributed by atoms with Crippen molar-refractivity contribution in [1.82, 2.24) is 9.80 Å². The molecule has 1 rings (SSSR count). The Morgan fingerprint density at radius 1 is 0.435 bits per heavy atom. The summed E-state index contributed by atoms with van der Waals surface area (Å²) in [7, 11) is -13.7. The van der Waals surface area contributed by atoms with Gasteiger partial charge in [-0.3, -0.25) is 0 Å². The molecule has 23 heavy (non-hydrogen) atoms. The quantitative estimate of drug-likeness (QED) is 0.470. The van der Waals surface area contributed by atoms with Crippen LogP contribution in [0.25, 0.3) is 0 Å². The molecule has 1 heterocycles. The van der Waals surface area contributed by atoms with Gasteiger partial charge in [-0.05, 0) is 14.1 Å². The largest absolute Gasteiger partial charge is 0.673 e. The van der Waals surface area contributed by atoms with E-state index in [2.05, 4.69) is 23.9 Å². The van der Waals surface area contributed by atoms with Crippen LogP contribution in [-0.2, 0) is 0 Å². The lowest BCUT2D eigenvalue weighted by Crippen LogP contribution is -2.42. The fraction of sp³-hybridized carbons (Fsp3) is 1.00. The van der Waals surface area contributed by atoms with Crippen LogP contribution in [0.4, 0.5) is 51.8 Å². The molecule has 0 aromatic heterocycles. The molecule has 1 aliphatic rings. The van der Waals surface area contributed by atoms with Crippen molar-refractivity contribution in [1.29, 1.82) is 0 Å². The highest BCUT2D eigenvalue weighted by molar-refractivity contribution is 6.50. The van der Waals surface area contributed by atoms with E-state index in [4.69, 9.17) is 0 Å². The third-order valence-electron chi connectivity index (χ3n) is 1.73. The van der Waals surface area contributed by atoms with Crippen molar-refractivity contribution < 1.29 is 51.8 Å². The average molecular weight is 375 g/mol. The molecule has 2 nitrogen and oxygen atoms in total. The standard InChI is InChI=1S/C6H14N2.3BF4/c1-7-3-5-8(2)6-4-7;3*2-1(3,4)5/h3-6H2,1-2H3;;;/q;3*-1. The fourth-order valence-electron chi connectivity index (χ4n) is 0.906. The molecule has 0 amide bonds. The maximum absolute atomic E-state index is 9.75. The van der Waals surface area contributed by atoms with E-state index >= 15 is 0 Å². The van der Waals surface area contributed by atoms with E-state index in [9.17, 15) is 51.8 Å². The van der Waals surface area contributed by atoms with Gasteiger partial charge in [0.2, 0.25) is 0 Å². The topological polar surface area (TPSA) is 6.48 Å². The van der Waals surface area contributed by atoms with E-state index in [1.54, 1.807) is 0 Å². The number of piperazine rings is 1. The zero-order valence-corrected chi connectivity index (χ0v) is 12.0. The van der Waals surface area contributed by atoms with Crippen LogP contribution < -0.4 is 0 Å². The molecule has 17 heteroatoms. The molecule has 0 saturated carbocycles. The Hall–Kier alpha value is -0.725. The number of hydrogen-bond acceptors (Lipinski definition) is 2. The van der Waals surface area contributed by atoms with Crippen LogP contribution in [0.3, 0.4) is 0 Å². The number of likely N-dealkylation sites (N-methyl/N-ethyl adjacent to an activating group) is 2. The lowest BCUT2D eigenvalue weighted by molar-refractivity contribution is 0.181. The number of hydrogen-bond donors (Lipinski definition) is 0. The number of rotatable bonds is 0. The predicted molar refractivity (Wildman–Crippen MR) is 65.6 cm³/mol. The van der Waals surface area contributed by atoms with Gasteiger partial charge in [0, 0.05) is 26.2 Å². The van der Waals surface area contributed by atoms with Gasteiger partial charge >= 0.3 is 21.8 Å². The summed E-state index contributed by atoms with van der Waals surface area (Å²) < 4.78 is 117. The smallest absolute Gasteiger partial charge is 0.418 e. The van der Waals surface area contributed by atoms with Gasteiger partial charge in [0.15, 0.2) is 0 Å². The molecular formula is C6H14B3F12N2-3. The van der Waals surface area contributed by atoms with Gasteiger partial charge in [0.25, 0.3) is 0 Å². The van der Waals surface area contributed by atoms with Crippen LogP contribution in [0.5, 0.6) is 0 Å². The molecule has 0 bridgehead atoms. The molecule has 0 N–H and O–H groups in total. The van der Waals surface area contributed by atoms with Gasteiger partial charge in [-0.2, -0.15) is 0 Å². The third-order valence-corrected chi connectivity index (χ3v) is 1.73. The highest BCUT2D eigenvalue weighted by Crippen LogP contribution is 2.07. The molecule has 1 aliphatic heterocycles. The second-order valence-corrected chi connectivity index (χ2v) is 4.09. The van der Waals surface area contributed by atoms with Crippen LogP contribution in [0.15, 0.2) is 0 Å². The molecule has 0 unspecified atom stereocenters. The molecule has 0 spiro atoms. The average Bonchev–Trinajstić information content (AvgIpc) is 2.14. The summed E-state index contributed by atoms with van der Waals surface area (Å²) in [5.74, 6) is 0. The molecule has 0 aromatic carbocycles. The van der Waals surface area contributed by atoms with Crippen LogP contribution in [0.2, 0.25) is 0 Å². The maximum atomic E-state index is 9.75. The Morgan fingerprint density at radius 2 is 0.522 bits per heavy atom. The van der Waals surface area contributed by atoms with Crippen molar-refractivity contribution in [2.24, 2.45) is 0 Å². The fourth-order valence-corrected chi connectivity index (χ4v) is 0.906. The summed E-state index contributed by atoms with van der Waals surface area (Å²) in [5.41, 5.74) is 0. The molecule has 1 saturated heterocycles. The molecule has 0 aliphatic carbocycles. The van der Waals surface area contributed by atoms with Crippen LogP contribution in [-0.4, -0.2) is 71.8 Å². The second-order valence-electron chi connectivity index (χ2n) is 4.09. The van der Waals surface area contributed by atoms with E-state index in [1.807, 2.05) is 0 Å². The summed E-state index contributed by atoms with van der Waals surface area (Å²) in [6, 6.07) is 0. The van der Waals surface area contributed by atoms with E-state index in [-0.39, 0.29) is 0 Å². The zero-order valence-electron chi connectivity index (χ0n) is 12.0. The molecule has 0 atom stereocenters. The Kier molecular flexibility index (Phi) is 13.9. The van der Waals surface area contributed by atoms with Crippen LogP contribution in [0.1, 0.15) is 0 Å². The van der Waals surface area contributed by atoms with Gasteiger partial charge in [-0.25, -0.2) is 0 Å². The first-order valence-corrected chi connectivity index (χ1v) is 5.78. The second kappa shape index (κ2) is 11.8. The molecular weight excluding hydrogens is 360 g/mol. The summed E-state index contributed by atoms with van der Waals surface area (Å²) in [4.78, 5) is 4.72. The number of nitrogens with zero attached hydrogens (tertiary/aromatic N) is 2. The summed E-state index contributed by atoms with van der Waals surface area (Å²) in [6.45, 7) is 4.93. The van der Waals surface area contributed by atoms with Crippen molar-refractivity contribution in [3.63, 3.8) is 0 Å². The predicted octanol–water partition coefficient (Wildman–Crippen LogP) is 3.76. The summed E-state index contributed by atoms with van der Waals surface area (Å²) in [5, 5.41) is 0. The minimum absolute atomic E-state index is 1.23. The highest BCUT2D eigenvalue weighted by atomic mass is 19.5. The van der Waals surface area contributed by atoms with Gasteiger partial charge in [0.1, 0.15) is 0 Å². The van der Waals surface area contributed by atoms with Crippen molar-refractivity contribution in [3.05, 3.63) is 0 Å². The minimum Gasteiger partial charge on any atom is -0.418 e. The van der Waals surface area contributed by atoms with E-state index < -0.39 is 21.8 Å². The van der Waals surface area contributed by atoms with Crippen LogP contribution in [0, 0.1) is 0 Å². The van der Waals surface area contributed by atoms with Crippen molar-refractivity contribution in [2.75, 3.05) is 40.3 Å². The summed E-state index contributed by atoms with van der Waals surface area (Å²) in [6.07, 6.45) is 0. The van der Waals surface area contributed by atoms with Gasteiger partial charge in [-0.1, -0.05) is 0 Å². The Balaban J connectivity index is -0.000000240. The number of halogens is 12. The van der Waals surface area contributed by atoms with E-state index in [1.165, 1.54) is 26.2 Å². The van der Waals surface area contributed by atoms with Crippen molar-refractivity contribution in [2.45, 2.75) is 0 Å². The lowest BCUT2D eigenvalue weighted by Gasteiger charge is -2.28. The first-order chi connectivity index (χ1) is 9.79.